The Labute approximate surface area is 130 Å². The van der Waals surface area contributed by atoms with Crippen molar-refractivity contribution >= 4 is 30.1 Å². The molecule has 1 fully saturated rings. The van der Waals surface area contributed by atoms with Crippen LogP contribution >= 0.6 is 12.4 Å². The lowest BCUT2D eigenvalue weighted by molar-refractivity contribution is 0.0976. The summed E-state index contributed by atoms with van der Waals surface area (Å²) in [6, 6.07) is 5.16. The zero-order valence-corrected chi connectivity index (χ0v) is 12.8. The minimum atomic E-state index is -0.460. The van der Waals surface area contributed by atoms with Crippen molar-refractivity contribution in [2.45, 2.75) is 38.5 Å². The van der Waals surface area contributed by atoms with Crippen LogP contribution in [0.2, 0.25) is 0 Å². The molecule has 1 aromatic carbocycles. The summed E-state index contributed by atoms with van der Waals surface area (Å²) in [7, 11) is 0. The van der Waals surface area contributed by atoms with E-state index in [0.717, 1.165) is 18.4 Å². The van der Waals surface area contributed by atoms with Crippen LogP contribution in [-0.4, -0.2) is 17.6 Å². The van der Waals surface area contributed by atoms with E-state index in [9.17, 15) is 9.59 Å². The first-order chi connectivity index (χ1) is 9.49. The topological polar surface area (TPSA) is 96.0 Å². The average molecular weight is 310 g/mol. The maximum atomic E-state index is 11.8. The van der Waals surface area contributed by atoms with E-state index in [1.807, 2.05) is 6.07 Å². The lowest BCUT2D eigenvalue weighted by atomic mass is 9.90. The number of hydrogen-bond acceptors (Lipinski definition) is 3. The zero-order valence-electron chi connectivity index (χ0n) is 11.9. The van der Waals surface area contributed by atoms with Gasteiger partial charge in [0.2, 0.25) is 0 Å². The van der Waals surface area contributed by atoms with Crippen molar-refractivity contribution in [3.63, 3.8) is 0 Å². The molecule has 1 aromatic rings. The number of halogens is 1. The van der Waals surface area contributed by atoms with E-state index in [0.29, 0.717) is 17.0 Å². The Bertz CT molecular complexity index is 566. The Morgan fingerprint density at radius 2 is 1.90 bits per heavy atom. The summed E-state index contributed by atoms with van der Waals surface area (Å²) in [5.41, 5.74) is 7.14. The summed E-state index contributed by atoms with van der Waals surface area (Å²) in [5.74, 6) is -0.486. The molecule has 0 spiro atoms. The molecule has 114 valence electrons. The highest BCUT2D eigenvalue weighted by atomic mass is 35.5. The van der Waals surface area contributed by atoms with Gasteiger partial charge in [0, 0.05) is 11.1 Å². The van der Waals surface area contributed by atoms with Crippen molar-refractivity contribution in [3.05, 3.63) is 34.9 Å². The van der Waals surface area contributed by atoms with E-state index in [2.05, 4.69) is 5.32 Å². The number of Topliss-reactive ketones (excluding diaryl/α,β-unsaturated/α-hetero) is 1. The quantitative estimate of drug-likeness (QED) is 0.455. The molecule has 1 saturated carbocycles. The molecule has 0 radical (unpaired) electrons. The molecular formula is C15H20ClN3O2. The van der Waals surface area contributed by atoms with Gasteiger partial charge in [-0.2, -0.15) is 0 Å². The van der Waals surface area contributed by atoms with E-state index < -0.39 is 11.9 Å². The Balaban J connectivity index is 0.00000220. The monoisotopic (exact) mass is 309 g/mol. The van der Waals surface area contributed by atoms with Crippen LogP contribution in [0.1, 0.15) is 64.8 Å². The first-order valence-electron chi connectivity index (χ1n) is 6.79. The number of ketones is 1. The van der Waals surface area contributed by atoms with Crippen molar-refractivity contribution in [2.75, 3.05) is 0 Å². The number of carbonyl (C=O) groups excluding carboxylic acids is 2. The van der Waals surface area contributed by atoms with Gasteiger partial charge in [-0.05, 0) is 43.4 Å². The van der Waals surface area contributed by atoms with Crippen LogP contribution in [0, 0.1) is 5.41 Å². The third-order valence-corrected chi connectivity index (χ3v) is 3.74. The second-order valence-electron chi connectivity index (χ2n) is 5.21. The molecular weight excluding hydrogens is 290 g/mol. The zero-order chi connectivity index (χ0) is 14.7. The van der Waals surface area contributed by atoms with Crippen molar-refractivity contribution in [3.8, 4) is 0 Å². The highest BCUT2D eigenvalue weighted by Crippen LogP contribution is 2.36. The minimum Gasteiger partial charge on any atom is -0.370 e. The van der Waals surface area contributed by atoms with E-state index in [1.165, 1.54) is 19.8 Å². The third-order valence-electron chi connectivity index (χ3n) is 3.74. The van der Waals surface area contributed by atoms with Crippen molar-refractivity contribution < 1.29 is 9.59 Å². The van der Waals surface area contributed by atoms with Gasteiger partial charge in [-0.15, -0.1) is 12.4 Å². The van der Waals surface area contributed by atoms with Crippen LogP contribution in [0.25, 0.3) is 0 Å². The van der Waals surface area contributed by atoms with Gasteiger partial charge in [0.05, 0.1) is 0 Å². The number of carbonyl (C=O) groups is 2. The Kier molecular flexibility index (Phi) is 5.90. The van der Waals surface area contributed by atoms with Crippen LogP contribution in [0.5, 0.6) is 0 Å². The van der Waals surface area contributed by atoms with Crippen LogP contribution in [0.3, 0.4) is 0 Å². The van der Waals surface area contributed by atoms with Crippen LogP contribution < -0.4 is 11.1 Å². The number of guanidine groups is 1. The third kappa shape index (κ3) is 4.04. The fraction of sp³-hybridized carbons (Fsp3) is 0.400. The Morgan fingerprint density at radius 1 is 1.29 bits per heavy atom. The first-order valence-corrected chi connectivity index (χ1v) is 6.79. The number of nitrogens with one attached hydrogen (secondary N) is 2. The molecule has 0 heterocycles. The van der Waals surface area contributed by atoms with E-state index in [-0.39, 0.29) is 18.2 Å². The number of benzene rings is 1. The molecule has 0 aliphatic heterocycles. The van der Waals surface area contributed by atoms with Crippen molar-refractivity contribution in [1.82, 2.24) is 5.32 Å². The predicted molar refractivity (Wildman–Crippen MR) is 84.3 cm³/mol. The molecule has 1 aliphatic rings. The highest BCUT2D eigenvalue weighted by molar-refractivity contribution is 6.06. The normalized spacial score (nSPS) is 14.3. The van der Waals surface area contributed by atoms with Gasteiger partial charge in [-0.1, -0.05) is 18.9 Å². The van der Waals surface area contributed by atoms with Gasteiger partial charge in [0.15, 0.2) is 11.7 Å². The smallest absolute Gasteiger partial charge is 0.257 e. The predicted octanol–water partition coefficient (Wildman–Crippen LogP) is 2.59. The van der Waals surface area contributed by atoms with Gasteiger partial charge >= 0.3 is 0 Å². The second kappa shape index (κ2) is 7.22. The average Bonchev–Trinajstić information content (AvgIpc) is 2.90. The fourth-order valence-electron chi connectivity index (χ4n) is 2.79. The standard InChI is InChI=1S/C15H19N3O2.ClH/c1-9(19)13-8-11(14(20)18-15(16)17)6-7-12(13)10-4-2-3-5-10;/h6-8,10H,2-5H2,1H3,(H4,16,17,18,20);1H. The molecule has 6 heteroatoms. The summed E-state index contributed by atoms with van der Waals surface area (Å²) >= 11 is 0. The van der Waals surface area contributed by atoms with E-state index in [1.54, 1.807) is 12.1 Å². The van der Waals surface area contributed by atoms with E-state index in [4.69, 9.17) is 11.1 Å². The van der Waals surface area contributed by atoms with Gasteiger partial charge in [0.25, 0.3) is 5.91 Å². The summed E-state index contributed by atoms with van der Waals surface area (Å²) in [5, 5.41) is 9.29. The second-order valence-corrected chi connectivity index (χ2v) is 5.21. The van der Waals surface area contributed by atoms with Crippen molar-refractivity contribution in [1.29, 1.82) is 5.41 Å². The molecule has 1 aliphatic carbocycles. The number of hydrogen-bond donors (Lipinski definition) is 3. The number of amides is 1. The van der Waals surface area contributed by atoms with E-state index >= 15 is 0 Å². The SMILES string of the molecule is CC(=O)c1cc(C(=O)NC(=N)N)ccc1C1CCCC1.Cl. The summed E-state index contributed by atoms with van der Waals surface area (Å²) < 4.78 is 0. The Morgan fingerprint density at radius 3 is 2.43 bits per heavy atom. The summed E-state index contributed by atoms with van der Waals surface area (Å²) in [6.45, 7) is 1.51. The first kappa shape index (κ1) is 17.2. The minimum absolute atomic E-state index is 0. The van der Waals surface area contributed by atoms with Gasteiger partial charge < -0.3 is 5.73 Å². The number of nitrogens with two attached hydrogens (primary N) is 1. The molecule has 0 bridgehead atoms. The molecule has 4 N–H and O–H groups in total. The molecule has 2 rings (SSSR count). The lowest BCUT2D eigenvalue weighted by Gasteiger charge is -2.15. The van der Waals surface area contributed by atoms with Gasteiger partial charge in [-0.3, -0.25) is 20.3 Å². The van der Waals surface area contributed by atoms with Crippen LogP contribution in [0.4, 0.5) is 0 Å². The maximum absolute atomic E-state index is 11.8. The molecule has 5 nitrogen and oxygen atoms in total. The summed E-state index contributed by atoms with van der Waals surface area (Å²) in [6.07, 6.45) is 4.57. The van der Waals surface area contributed by atoms with Crippen molar-refractivity contribution in [2.24, 2.45) is 5.73 Å². The molecule has 1 amide bonds. The summed E-state index contributed by atoms with van der Waals surface area (Å²) in [4.78, 5) is 23.6. The molecule has 0 aromatic heterocycles. The number of rotatable bonds is 3. The van der Waals surface area contributed by atoms with Gasteiger partial charge in [0.1, 0.15) is 0 Å². The fourth-order valence-corrected chi connectivity index (χ4v) is 2.79. The van der Waals surface area contributed by atoms with Crippen LogP contribution in [0.15, 0.2) is 18.2 Å². The lowest BCUT2D eigenvalue weighted by Crippen LogP contribution is -2.35. The molecule has 21 heavy (non-hydrogen) atoms. The highest BCUT2D eigenvalue weighted by Gasteiger charge is 2.22. The van der Waals surface area contributed by atoms with Gasteiger partial charge in [-0.25, -0.2) is 0 Å². The Hall–Kier alpha value is -1.88. The molecule has 0 atom stereocenters. The molecule has 0 saturated heterocycles. The van der Waals surface area contributed by atoms with Crippen LogP contribution in [-0.2, 0) is 0 Å². The molecule has 0 unspecified atom stereocenters. The maximum Gasteiger partial charge on any atom is 0.257 e. The largest absolute Gasteiger partial charge is 0.370 e.